The monoisotopic (exact) mass is 222 g/mol. The van der Waals surface area contributed by atoms with Crippen LogP contribution in [0.2, 0.25) is 0 Å². The lowest BCUT2D eigenvalue weighted by Gasteiger charge is -2.27. The highest BCUT2D eigenvalue weighted by Gasteiger charge is 2.14. The van der Waals surface area contributed by atoms with Gasteiger partial charge in [-0.25, -0.2) is 0 Å². The maximum atomic E-state index is 8.71. The van der Waals surface area contributed by atoms with Gasteiger partial charge in [0.1, 0.15) is 0 Å². The van der Waals surface area contributed by atoms with Crippen molar-refractivity contribution in [2.45, 2.75) is 26.3 Å². The van der Waals surface area contributed by atoms with Gasteiger partial charge in [-0.15, -0.1) is 0 Å². The molecule has 1 unspecified atom stereocenters. The van der Waals surface area contributed by atoms with Crippen LogP contribution in [0.25, 0.3) is 0 Å². The maximum absolute atomic E-state index is 8.71. The lowest BCUT2D eigenvalue weighted by atomic mass is 10.1. The van der Waals surface area contributed by atoms with Gasteiger partial charge in [-0.1, -0.05) is 12.1 Å². The van der Waals surface area contributed by atoms with Gasteiger partial charge in [-0.2, -0.15) is 0 Å². The van der Waals surface area contributed by atoms with Crippen molar-refractivity contribution >= 4 is 11.5 Å². The number of oxime groups is 1. The molecule has 1 aromatic rings. The number of nitrogens with two attached hydrogens (primary N) is 1. The molecule has 0 radical (unpaired) electrons. The van der Waals surface area contributed by atoms with E-state index in [1.165, 1.54) is 0 Å². The van der Waals surface area contributed by atoms with E-state index < -0.39 is 0 Å². The Hall–Kier alpha value is -1.78. The number of pyridine rings is 1. The minimum Gasteiger partial charge on any atom is -0.409 e. The average molecular weight is 222 g/mol. The highest BCUT2D eigenvalue weighted by molar-refractivity contribution is 6.01. The lowest BCUT2D eigenvalue weighted by Crippen LogP contribution is -2.30. The third-order valence-corrected chi connectivity index (χ3v) is 2.82. The van der Waals surface area contributed by atoms with Crippen LogP contribution in [0, 0.1) is 0 Å². The van der Waals surface area contributed by atoms with Crippen molar-refractivity contribution in [1.82, 2.24) is 4.98 Å². The summed E-state index contributed by atoms with van der Waals surface area (Å²) in [6.07, 6.45) is 4.36. The average Bonchev–Trinajstić information content (AvgIpc) is 2.35. The summed E-state index contributed by atoms with van der Waals surface area (Å²) in [5, 5.41) is 11.7. The fourth-order valence-corrected chi connectivity index (χ4v) is 1.45. The molecule has 3 N–H and O–H groups in total. The predicted octanol–water partition coefficient (Wildman–Crippen LogP) is 1.41. The molecule has 5 heteroatoms. The Balaban J connectivity index is 3.13. The SMILES string of the molecule is CCC(C)N(C)c1cnccc1/C(N)=N/O. The van der Waals surface area contributed by atoms with Crippen molar-refractivity contribution in [1.29, 1.82) is 0 Å². The fourth-order valence-electron chi connectivity index (χ4n) is 1.45. The molecule has 0 saturated heterocycles. The zero-order valence-electron chi connectivity index (χ0n) is 9.88. The van der Waals surface area contributed by atoms with Gasteiger partial charge >= 0.3 is 0 Å². The van der Waals surface area contributed by atoms with Crippen molar-refractivity contribution in [2.24, 2.45) is 10.9 Å². The number of hydrogen-bond acceptors (Lipinski definition) is 4. The van der Waals surface area contributed by atoms with Crippen LogP contribution in [-0.2, 0) is 0 Å². The second kappa shape index (κ2) is 5.34. The van der Waals surface area contributed by atoms with Gasteiger partial charge in [-0.3, -0.25) is 4.98 Å². The molecule has 0 spiro atoms. The molecule has 0 bridgehead atoms. The van der Waals surface area contributed by atoms with E-state index in [1.54, 1.807) is 18.5 Å². The Labute approximate surface area is 95.6 Å². The summed E-state index contributed by atoms with van der Waals surface area (Å²) in [5.41, 5.74) is 7.18. The van der Waals surface area contributed by atoms with Crippen LogP contribution in [0.1, 0.15) is 25.8 Å². The van der Waals surface area contributed by atoms with Crippen molar-refractivity contribution in [2.75, 3.05) is 11.9 Å². The third kappa shape index (κ3) is 2.42. The summed E-state index contributed by atoms with van der Waals surface area (Å²) in [6.45, 7) is 4.23. The van der Waals surface area contributed by atoms with E-state index in [2.05, 4.69) is 28.9 Å². The largest absolute Gasteiger partial charge is 0.409 e. The molecule has 1 rings (SSSR count). The Morgan fingerprint density at radius 1 is 1.69 bits per heavy atom. The zero-order valence-corrected chi connectivity index (χ0v) is 9.88. The molecular formula is C11H18N4O. The molecular weight excluding hydrogens is 204 g/mol. The second-order valence-electron chi connectivity index (χ2n) is 3.75. The highest BCUT2D eigenvalue weighted by atomic mass is 16.4. The van der Waals surface area contributed by atoms with Crippen LogP contribution in [-0.4, -0.2) is 29.1 Å². The second-order valence-corrected chi connectivity index (χ2v) is 3.75. The number of hydrogen-bond donors (Lipinski definition) is 2. The van der Waals surface area contributed by atoms with E-state index in [0.29, 0.717) is 11.6 Å². The molecule has 0 saturated carbocycles. The van der Waals surface area contributed by atoms with Crippen molar-refractivity contribution in [3.8, 4) is 0 Å². The van der Waals surface area contributed by atoms with Crippen molar-refractivity contribution in [3.05, 3.63) is 24.0 Å². The van der Waals surface area contributed by atoms with Crippen molar-refractivity contribution in [3.63, 3.8) is 0 Å². The molecule has 0 aliphatic carbocycles. The number of anilines is 1. The first-order valence-corrected chi connectivity index (χ1v) is 5.26. The number of aromatic nitrogens is 1. The van der Waals surface area contributed by atoms with Crippen LogP contribution in [0.5, 0.6) is 0 Å². The molecule has 1 atom stereocenters. The first-order chi connectivity index (χ1) is 7.61. The van der Waals surface area contributed by atoms with Gasteiger partial charge in [0.05, 0.1) is 11.9 Å². The Morgan fingerprint density at radius 2 is 2.38 bits per heavy atom. The Morgan fingerprint density at radius 3 is 2.94 bits per heavy atom. The number of rotatable bonds is 4. The zero-order chi connectivity index (χ0) is 12.1. The highest BCUT2D eigenvalue weighted by Crippen LogP contribution is 2.20. The smallest absolute Gasteiger partial charge is 0.172 e. The van der Waals surface area contributed by atoms with E-state index >= 15 is 0 Å². The number of amidine groups is 1. The van der Waals surface area contributed by atoms with Gasteiger partial charge in [0.25, 0.3) is 0 Å². The molecule has 1 aromatic heterocycles. The summed E-state index contributed by atoms with van der Waals surface area (Å²) in [5.74, 6) is 0.104. The molecule has 5 nitrogen and oxygen atoms in total. The van der Waals surface area contributed by atoms with Gasteiger partial charge in [0.2, 0.25) is 0 Å². The minimum atomic E-state index is 0.104. The van der Waals surface area contributed by atoms with E-state index in [-0.39, 0.29) is 5.84 Å². The van der Waals surface area contributed by atoms with Gasteiger partial charge < -0.3 is 15.8 Å². The fraction of sp³-hybridized carbons (Fsp3) is 0.455. The lowest BCUT2D eigenvalue weighted by molar-refractivity contribution is 0.318. The van der Waals surface area contributed by atoms with E-state index in [9.17, 15) is 0 Å². The van der Waals surface area contributed by atoms with E-state index in [4.69, 9.17) is 10.9 Å². The molecule has 1 heterocycles. The summed E-state index contributed by atoms with van der Waals surface area (Å²) in [4.78, 5) is 6.14. The molecule has 0 aromatic carbocycles. The number of nitrogens with zero attached hydrogens (tertiary/aromatic N) is 3. The minimum absolute atomic E-state index is 0.104. The molecule has 0 aliphatic heterocycles. The molecule has 0 fully saturated rings. The van der Waals surface area contributed by atoms with Gasteiger partial charge in [0, 0.05) is 24.8 Å². The Kier molecular flexibility index (Phi) is 4.10. The summed E-state index contributed by atoms with van der Waals surface area (Å²) >= 11 is 0. The quantitative estimate of drug-likeness (QED) is 0.349. The molecule has 88 valence electrons. The van der Waals surface area contributed by atoms with Crippen molar-refractivity contribution < 1.29 is 5.21 Å². The standard InChI is InChI=1S/C11H18N4O/c1-4-8(2)15(3)10-7-13-6-5-9(10)11(12)14-16/h5-8,16H,4H2,1-3H3,(H2,12,14). The molecule has 0 aliphatic rings. The van der Waals surface area contributed by atoms with Crippen LogP contribution in [0.3, 0.4) is 0 Å². The Bertz CT molecular complexity index is 378. The molecule has 16 heavy (non-hydrogen) atoms. The first-order valence-electron chi connectivity index (χ1n) is 5.26. The topological polar surface area (TPSA) is 74.7 Å². The normalized spacial score (nSPS) is 13.6. The van der Waals surface area contributed by atoms with Crippen LogP contribution >= 0.6 is 0 Å². The van der Waals surface area contributed by atoms with Gasteiger partial charge in [0.15, 0.2) is 5.84 Å². The first kappa shape index (κ1) is 12.3. The predicted molar refractivity (Wildman–Crippen MR) is 64.9 cm³/mol. The summed E-state index contributed by atoms with van der Waals surface area (Å²) in [6, 6.07) is 2.11. The van der Waals surface area contributed by atoms with Crippen LogP contribution in [0.15, 0.2) is 23.6 Å². The van der Waals surface area contributed by atoms with Crippen LogP contribution in [0.4, 0.5) is 5.69 Å². The van der Waals surface area contributed by atoms with Gasteiger partial charge in [-0.05, 0) is 19.4 Å². The summed E-state index contributed by atoms with van der Waals surface area (Å²) < 4.78 is 0. The molecule has 0 amide bonds. The van der Waals surface area contributed by atoms with Crippen LogP contribution < -0.4 is 10.6 Å². The maximum Gasteiger partial charge on any atom is 0.172 e. The van der Waals surface area contributed by atoms with E-state index in [1.807, 2.05) is 7.05 Å². The van der Waals surface area contributed by atoms with E-state index in [0.717, 1.165) is 12.1 Å². The summed E-state index contributed by atoms with van der Waals surface area (Å²) in [7, 11) is 1.97. The third-order valence-electron chi connectivity index (χ3n) is 2.82.